The number of nitrogens with one attached hydrogen (secondary N) is 2. The van der Waals surface area contributed by atoms with E-state index in [0.717, 1.165) is 16.7 Å². The molecule has 0 aliphatic rings. The number of carbonyl (C=O) groups is 4. The number of hydrogen-bond donors (Lipinski definition) is 7. The molecule has 16 heteroatoms. The molecular formula is C27H36N3O12P. The van der Waals surface area contributed by atoms with Gasteiger partial charge >= 0.3 is 31.7 Å². The van der Waals surface area contributed by atoms with Crippen LogP contribution in [0.1, 0.15) is 12.0 Å². The van der Waals surface area contributed by atoms with Gasteiger partial charge in [0.1, 0.15) is 0 Å². The molecular weight excluding hydrogens is 589 g/mol. The summed E-state index contributed by atoms with van der Waals surface area (Å²) in [5.41, 5.74) is 2.92. The molecule has 2 aromatic rings. The number of phosphoric acid groups is 1. The standard InChI is InChI=1S/C27H36N3O12P/c31-23(32)15-29-22(16-30(17-24(33)34)13-4-12-28-25(26(35)36)27(37)38)18-42-43(39,40)41-14-11-19-7-9-21(10-8-19)20-5-2-1-3-6-20/h1-3,5-10,22,25,28-29H,4,11-18H2,(H,31,32)(H,33,34)(H,35,36)(H,37,38)(H,39,40). The Morgan fingerprint density at radius 3 is 2.05 bits per heavy atom. The molecule has 2 unspecified atom stereocenters. The van der Waals surface area contributed by atoms with Gasteiger partial charge in [-0.3, -0.25) is 28.9 Å². The highest BCUT2D eigenvalue weighted by molar-refractivity contribution is 7.47. The molecule has 0 spiro atoms. The van der Waals surface area contributed by atoms with Gasteiger partial charge in [-0.05, 0) is 36.1 Å². The molecule has 2 rings (SSSR count). The van der Waals surface area contributed by atoms with Crippen molar-refractivity contribution in [1.29, 1.82) is 0 Å². The number of benzene rings is 2. The van der Waals surface area contributed by atoms with E-state index in [1.165, 1.54) is 4.90 Å². The lowest BCUT2D eigenvalue weighted by molar-refractivity contribution is -0.151. The minimum atomic E-state index is -4.56. The second kappa shape index (κ2) is 18.1. The van der Waals surface area contributed by atoms with Crippen LogP contribution in [0.15, 0.2) is 54.6 Å². The number of carboxylic acid groups (broad SMARTS) is 4. The molecule has 0 aliphatic carbocycles. The van der Waals surface area contributed by atoms with E-state index in [9.17, 15) is 33.7 Å². The zero-order valence-corrected chi connectivity index (χ0v) is 24.1. The monoisotopic (exact) mass is 625 g/mol. The van der Waals surface area contributed by atoms with E-state index in [2.05, 4.69) is 10.6 Å². The molecule has 0 radical (unpaired) electrons. The van der Waals surface area contributed by atoms with E-state index < -0.39 is 63.5 Å². The maximum atomic E-state index is 12.5. The van der Waals surface area contributed by atoms with Gasteiger partial charge in [-0.15, -0.1) is 0 Å². The van der Waals surface area contributed by atoms with Crippen LogP contribution in [-0.2, 0) is 39.2 Å². The Hall–Kier alpha value is -3.69. The predicted octanol–water partition coefficient (Wildman–Crippen LogP) is 0.977. The van der Waals surface area contributed by atoms with Crippen molar-refractivity contribution in [2.45, 2.75) is 24.9 Å². The molecule has 0 amide bonds. The number of nitrogens with zero attached hydrogens (tertiary/aromatic N) is 1. The lowest BCUT2D eigenvalue weighted by atomic mass is 10.0. The van der Waals surface area contributed by atoms with E-state index >= 15 is 0 Å². The molecule has 0 aliphatic heterocycles. The summed E-state index contributed by atoms with van der Waals surface area (Å²) in [4.78, 5) is 55.9. The van der Waals surface area contributed by atoms with Crippen LogP contribution in [0.2, 0.25) is 0 Å². The van der Waals surface area contributed by atoms with Crippen molar-refractivity contribution >= 4 is 31.7 Å². The van der Waals surface area contributed by atoms with E-state index in [4.69, 9.17) is 24.4 Å². The largest absolute Gasteiger partial charge is 0.480 e. The fourth-order valence-corrected chi connectivity index (χ4v) is 4.73. The first kappa shape index (κ1) is 35.5. The molecule has 43 heavy (non-hydrogen) atoms. The molecule has 0 aromatic heterocycles. The first-order valence-corrected chi connectivity index (χ1v) is 14.7. The summed E-state index contributed by atoms with van der Waals surface area (Å²) >= 11 is 0. The fourth-order valence-electron chi connectivity index (χ4n) is 3.97. The molecule has 236 valence electrons. The van der Waals surface area contributed by atoms with Gasteiger partial charge in [-0.25, -0.2) is 14.2 Å². The molecule has 7 N–H and O–H groups in total. The average molecular weight is 626 g/mol. The van der Waals surface area contributed by atoms with Crippen LogP contribution in [0.4, 0.5) is 0 Å². The Kier molecular flexibility index (Phi) is 14.9. The summed E-state index contributed by atoms with van der Waals surface area (Å²) in [5, 5.41) is 41.1. The molecule has 0 bridgehead atoms. The van der Waals surface area contributed by atoms with Gasteiger partial charge in [0, 0.05) is 19.1 Å². The highest BCUT2D eigenvalue weighted by Gasteiger charge is 2.26. The highest BCUT2D eigenvalue weighted by atomic mass is 31.2. The summed E-state index contributed by atoms with van der Waals surface area (Å²) in [6.45, 7) is -1.84. The number of rotatable bonds is 22. The third kappa shape index (κ3) is 14.4. The van der Waals surface area contributed by atoms with E-state index in [-0.39, 0.29) is 32.7 Å². The lowest BCUT2D eigenvalue weighted by Gasteiger charge is -2.27. The van der Waals surface area contributed by atoms with Crippen LogP contribution in [0.3, 0.4) is 0 Å². The van der Waals surface area contributed by atoms with Crippen LogP contribution in [0.5, 0.6) is 0 Å². The zero-order valence-electron chi connectivity index (χ0n) is 23.2. The zero-order chi connectivity index (χ0) is 31.8. The summed E-state index contributed by atoms with van der Waals surface area (Å²) in [5.74, 6) is -5.61. The maximum Gasteiger partial charge on any atom is 0.472 e. The van der Waals surface area contributed by atoms with Gasteiger partial charge in [0.25, 0.3) is 0 Å². The highest BCUT2D eigenvalue weighted by Crippen LogP contribution is 2.43. The van der Waals surface area contributed by atoms with E-state index in [1.54, 1.807) is 0 Å². The van der Waals surface area contributed by atoms with Gasteiger partial charge in [0.15, 0.2) is 0 Å². The van der Waals surface area contributed by atoms with Crippen LogP contribution in [0, 0.1) is 0 Å². The molecule has 15 nitrogen and oxygen atoms in total. The van der Waals surface area contributed by atoms with Crippen LogP contribution >= 0.6 is 7.82 Å². The molecule has 0 heterocycles. The topological polar surface area (TPSA) is 232 Å². The number of phosphoric ester groups is 1. The Morgan fingerprint density at radius 1 is 0.837 bits per heavy atom. The molecule has 2 atom stereocenters. The average Bonchev–Trinajstić information content (AvgIpc) is 2.94. The SMILES string of the molecule is O=C(O)CNC(COP(=O)(O)OCCc1ccc(-c2ccccc2)cc1)CN(CCCNC(C(=O)O)C(=O)O)CC(=O)O. The number of hydrogen-bond acceptors (Lipinski definition) is 10. The minimum Gasteiger partial charge on any atom is -0.480 e. The first-order chi connectivity index (χ1) is 20.4. The Bertz CT molecular complexity index is 1230. The smallest absolute Gasteiger partial charge is 0.472 e. The number of carboxylic acids is 4. The maximum absolute atomic E-state index is 12.5. The minimum absolute atomic E-state index is 0.0485. The molecule has 0 saturated heterocycles. The third-order valence-electron chi connectivity index (χ3n) is 6.02. The Morgan fingerprint density at radius 2 is 1.47 bits per heavy atom. The van der Waals surface area contributed by atoms with Gasteiger partial charge in [-0.2, -0.15) is 0 Å². The third-order valence-corrected chi connectivity index (χ3v) is 7.00. The van der Waals surface area contributed by atoms with Crippen LogP contribution < -0.4 is 10.6 Å². The summed E-state index contributed by atoms with van der Waals surface area (Å²) < 4.78 is 22.6. The van der Waals surface area contributed by atoms with Crippen molar-refractivity contribution in [3.63, 3.8) is 0 Å². The first-order valence-electron chi connectivity index (χ1n) is 13.2. The Labute approximate surface area is 247 Å². The van der Waals surface area contributed by atoms with Crippen molar-refractivity contribution < 1.29 is 58.1 Å². The molecule has 0 fully saturated rings. The van der Waals surface area contributed by atoms with Crippen LogP contribution in [0.25, 0.3) is 11.1 Å². The van der Waals surface area contributed by atoms with Crippen molar-refractivity contribution in [3.8, 4) is 11.1 Å². The van der Waals surface area contributed by atoms with Gasteiger partial charge in [0.05, 0.1) is 26.3 Å². The fraction of sp³-hybridized carbons (Fsp3) is 0.407. The normalized spacial score (nSPS) is 13.5. The second-order valence-electron chi connectivity index (χ2n) is 9.43. The summed E-state index contributed by atoms with van der Waals surface area (Å²) in [6, 6.07) is 14.6. The van der Waals surface area contributed by atoms with E-state index in [1.807, 2.05) is 54.6 Å². The quantitative estimate of drug-likeness (QED) is 0.0549. The second-order valence-corrected chi connectivity index (χ2v) is 10.9. The van der Waals surface area contributed by atoms with Crippen LogP contribution in [-0.4, -0.2) is 112 Å². The van der Waals surface area contributed by atoms with Crippen molar-refractivity contribution in [2.75, 3.05) is 45.9 Å². The Balaban J connectivity index is 1.90. The predicted molar refractivity (Wildman–Crippen MR) is 152 cm³/mol. The summed E-state index contributed by atoms with van der Waals surface area (Å²) in [7, 11) is -4.56. The summed E-state index contributed by atoms with van der Waals surface area (Å²) in [6.07, 6.45) is 0.458. The van der Waals surface area contributed by atoms with Crippen molar-refractivity contribution in [1.82, 2.24) is 15.5 Å². The lowest BCUT2D eigenvalue weighted by Crippen LogP contribution is -2.48. The van der Waals surface area contributed by atoms with Crippen molar-refractivity contribution in [3.05, 3.63) is 60.2 Å². The number of aliphatic carboxylic acids is 4. The molecule has 2 aromatic carbocycles. The van der Waals surface area contributed by atoms with Gasteiger partial charge in [-0.1, -0.05) is 54.6 Å². The van der Waals surface area contributed by atoms with E-state index in [0.29, 0.717) is 6.42 Å². The molecule has 0 saturated carbocycles. The van der Waals surface area contributed by atoms with Crippen molar-refractivity contribution in [2.24, 2.45) is 0 Å². The van der Waals surface area contributed by atoms with Gasteiger partial charge in [0.2, 0.25) is 6.04 Å². The van der Waals surface area contributed by atoms with Gasteiger partial charge < -0.3 is 30.6 Å².